The molecule has 4 rings (SSSR count). The van der Waals surface area contributed by atoms with E-state index >= 15 is 0 Å². The summed E-state index contributed by atoms with van der Waals surface area (Å²) in [6, 6.07) is 11.8. The van der Waals surface area contributed by atoms with Crippen molar-refractivity contribution in [3.63, 3.8) is 0 Å². The number of aromatic nitrogens is 2. The van der Waals surface area contributed by atoms with Gasteiger partial charge in [0.05, 0.1) is 17.6 Å². The van der Waals surface area contributed by atoms with Gasteiger partial charge in [-0.05, 0) is 48.4 Å². The molecule has 0 aliphatic heterocycles. The first kappa shape index (κ1) is 20.5. The Morgan fingerprint density at radius 3 is 2.48 bits per heavy atom. The normalized spacial score (nSPS) is 11.0. The third kappa shape index (κ3) is 4.26. The number of carboxylic acids is 1. The molecule has 9 heteroatoms. The van der Waals surface area contributed by atoms with E-state index in [9.17, 15) is 18.8 Å². The molecule has 0 atom stereocenters. The number of benzene rings is 2. The van der Waals surface area contributed by atoms with Crippen molar-refractivity contribution in [3.8, 4) is 16.9 Å². The number of carboxylic acid groups (broad SMARTS) is 1. The molecular formula is C22H17FN2O5S. The Kier molecular flexibility index (Phi) is 5.68. The number of carbonyl (C=O) groups is 1. The number of nitrogens with zero attached hydrogens (tertiary/aromatic N) is 1. The highest BCUT2D eigenvalue weighted by molar-refractivity contribution is 7.17. The zero-order chi connectivity index (χ0) is 22.0. The van der Waals surface area contributed by atoms with Gasteiger partial charge in [-0.15, -0.1) is 11.3 Å². The second-order valence-electron chi connectivity index (χ2n) is 6.78. The minimum atomic E-state index is -1.02. The summed E-state index contributed by atoms with van der Waals surface area (Å²) in [5, 5.41) is 11.1. The smallest absolute Gasteiger partial charge is 0.335 e. The maximum atomic E-state index is 13.2. The number of nitrogens with one attached hydrogen (secondary N) is 1. The molecule has 31 heavy (non-hydrogen) atoms. The fraction of sp³-hybridized carbons (Fsp3) is 0.136. The summed E-state index contributed by atoms with van der Waals surface area (Å²) in [6.45, 7) is 0.390. The summed E-state index contributed by atoms with van der Waals surface area (Å²) in [5.41, 5.74) is 0.577. The highest BCUT2D eigenvalue weighted by Gasteiger charge is 2.15. The molecule has 2 heterocycles. The number of fused-ring (bicyclic) bond motifs is 1. The van der Waals surface area contributed by atoms with Crippen molar-refractivity contribution in [1.29, 1.82) is 0 Å². The van der Waals surface area contributed by atoms with E-state index in [1.165, 1.54) is 35.6 Å². The van der Waals surface area contributed by atoms with Gasteiger partial charge >= 0.3 is 11.7 Å². The zero-order valence-corrected chi connectivity index (χ0v) is 16.9. The van der Waals surface area contributed by atoms with E-state index in [1.54, 1.807) is 29.6 Å². The molecule has 0 bridgehead atoms. The fourth-order valence-electron chi connectivity index (χ4n) is 3.21. The van der Waals surface area contributed by atoms with Crippen molar-refractivity contribution in [1.82, 2.24) is 9.55 Å². The van der Waals surface area contributed by atoms with Gasteiger partial charge in [0.15, 0.2) is 0 Å². The number of aromatic carboxylic acids is 1. The predicted molar refractivity (Wildman–Crippen MR) is 116 cm³/mol. The topological polar surface area (TPSA) is 101 Å². The van der Waals surface area contributed by atoms with Crippen molar-refractivity contribution >= 4 is 27.5 Å². The van der Waals surface area contributed by atoms with Crippen molar-refractivity contribution in [2.24, 2.45) is 0 Å². The predicted octanol–water partition coefficient (Wildman–Crippen LogP) is 3.72. The van der Waals surface area contributed by atoms with Crippen LogP contribution in [0, 0.1) is 5.82 Å². The Balaban J connectivity index is 1.52. The number of hydrogen-bond acceptors (Lipinski definition) is 5. The number of rotatable bonds is 7. The third-order valence-electron chi connectivity index (χ3n) is 4.77. The van der Waals surface area contributed by atoms with Crippen molar-refractivity contribution in [2.45, 2.75) is 13.0 Å². The van der Waals surface area contributed by atoms with E-state index in [0.29, 0.717) is 33.5 Å². The van der Waals surface area contributed by atoms with E-state index in [2.05, 4.69) is 4.98 Å². The van der Waals surface area contributed by atoms with Gasteiger partial charge in [0.2, 0.25) is 0 Å². The van der Waals surface area contributed by atoms with Gasteiger partial charge in [0.1, 0.15) is 16.4 Å². The lowest BCUT2D eigenvalue weighted by Gasteiger charge is -2.08. The first-order valence-corrected chi connectivity index (χ1v) is 10.3. The highest BCUT2D eigenvalue weighted by atomic mass is 32.1. The Hall–Kier alpha value is -3.72. The average Bonchev–Trinajstić information content (AvgIpc) is 3.17. The van der Waals surface area contributed by atoms with Gasteiger partial charge in [0.25, 0.3) is 5.56 Å². The molecule has 2 aromatic heterocycles. The van der Waals surface area contributed by atoms with Crippen LogP contribution >= 0.6 is 11.3 Å². The Labute approximate surface area is 179 Å². The summed E-state index contributed by atoms with van der Waals surface area (Å²) in [4.78, 5) is 39.5. The highest BCUT2D eigenvalue weighted by Crippen LogP contribution is 2.30. The zero-order valence-electron chi connectivity index (χ0n) is 16.1. The summed E-state index contributed by atoms with van der Waals surface area (Å²) >= 11 is 1.25. The summed E-state index contributed by atoms with van der Waals surface area (Å²) in [7, 11) is 0. The van der Waals surface area contributed by atoms with Gasteiger partial charge in [-0.3, -0.25) is 14.3 Å². The lowest BCUT2D eigenvalue weighted by molar-refractivity contribution is 0.0697. The Morgan fingerprint density at radius 1 is 1.10 bits per heavy atom. The number of aromatic amines is 1. The quantitative estimate of drug-likeness (QED) is 0.427. The van der Waals surface area contributed by atoms with Crippen LogP contribution in [0.5, 0.6) is 5.75 Å². The minimum absolute atomic E-state index is 0.149. The van der Waals surface area contributed by atoms with Gasteiger partial charge in [0, 0.05) is 17.5 Å². The van der Waals surface area contributed by atoms with Crippen LogP contribution in [0.15, 0.2) is 63.5 Å². The van der Waals surface area contributed by atoms with Gasteiger partial charge in [-0.1, -0.05) is 12.1 Å². The van der Waals surface area contributed by atoms with E-state index in [1.807, 2.05) is 0 Å². The van der Waals surface area contributed by atoms with Crippen LogP contribution in [-0.4, -0.2) is 27.2 Å². The fourth-order valence-corrected chi connectivity index (χ4v) is 4.16. The first-order valence-electron chi connectivity index (χ1n) is 9.40. The van der Waals surface area contributed by atoms with Gasteiger partial charge in [-0.2, -0.15) is 0 Å². The lowest BCUT2D eigenvalue weighted by Crippen LogP contribution is -2.35. The monoisotopic (exact) mass is 440 g/mol. The number of H-pyrrole nitrogens is 1. The number of hydrogen-bond donors (Lipinski definition) is 2. The maximum absolute atomic E-state index is 13.2. The number of halogens is 1. The molecule has 0 aliphatic rings. The maximum Gasteiger partial charge on any atom is 0.335 e. The van der Waals surface area contributed by atoms with Crippen molar-refractivity contribution in [2.75, 3.05) is 6.61 Å². The van der Waals surface area contributed by atoms with Crippen LogP contribution < -0.4 is 16.0 Å². The van der Waals surface area contributed by atoms with Crippen molar-refractivity contribution < 1.29 is 19.0 Å². The molecule has 0 fully saturated rings. The molecule has 0 amide bonds. The largest absolute Gasteiger partial charge is 0.494 e. The summed E-state index contributed by atoms with van der Waals surface area (Å²) < 4.78 is 19.9. The molecule has 0 unspecified atom stereocenters. The SMILES string of the molecule is O=C(O)c1ccc(OCCCn2c(=O)[nH]c3scc(-c4ccc(F)cc4)c3c2=O)cc1. The lowest BCUT2D eigenvalue weighted by atomic mass is 10.1. The van der Waals surface area contributed by atoms with Crippen LogP contribution in [0.4, 0.5) is 4.39 Å². The Bertz CT molecular complexity index is 1350. The molecule has 0 saturated heterocycles. The summed E-state index contributed by atoms with van der Waals surface area (Å²) in [5.74, 6) is -0.890. The van der Waals surface area contributed by atoms with Gasteiger partial charge < -0.3 is 9.84 Å². The molecule has 0 radical (unpaired) electrons. The van der Waals surface area contributed by atoms with Gasteiger partial charge in [-0.25, -0.2) is 14.0 Å². The third-order valence-corrected chi connectivity index (χ3v) is 5.66. The van der Waals surface area contributed by atoms with E-state index in [-0.39, 0.29) is 24.5 Å². The average molecular weight is 440 g/mol. The molecular weight excluding hydrogens is 423 g/mol. The van der Waals surface area contributed by atoms with E-state index in [0.717, 1.165) is 4.57 Å². The molecule has 0 saturated carbocycles. The van der Waals surface area contributed by atoms with Crippen LogP contribution in [0.1, 0.15) is 16.8 Å². The number of ether oxygens (including phenoxy) is 1. The Morgan fingerprint density at radius 2 is 1.81 bits per heavy atom. The molecule has 2 N–H and O–H groups in total. The van der Waals surface area contributed by atoms with Crippen LogP contribution in [0.25, 0.3) is 21.3 Å². The second kappa shape index (κ2) is 8.57. The van der Waals surface area contributed by atoms with Crippen LogP contribution in [-0.2, 0) is 6.54 Å². The van der Waals surface area contributed by atoms with Crippen molar-refractivity contribution in [3.05, 3.63) is 86.1 Å². The van der Waals surface area contributed by atoms with E-state index < -0.39 is 17.2 Å². The second-order valence-corrected chi connectivity index (χ2v) is 7.66. The molecule has 158 valence electrons. The molecule has 0 aliphatic carbocycles. The first-order chi connectivity index (χ1) is 14.9. The number of thiophene rings is 1. The minimum Gasteiger partial charge on any atom is -0.494 e. The van der Waals surface area contributed by atoms with Crippen LogP contribution in [0.2, 0.25) is 0 Å². The molecule has 4 aromatic rings. The summed E-state index contributed by atoms with van der Waals surface area (Å²) in [6.07, 6.45) is 0.394. The molecule has 0 spiro atoms. The molecule has 7 nitrogen and oxygen atoms in total. The van der Waals surface area contributed by atoms with E-state index in [4.69, 9.17) is 9.84 Å². The molecule has 2 aromatic carbocycles. The standard InChI is InChI=1S/C22H17FN2O5S/c23-15-6-2-13(3-7-15)17-12-31-19-18(17)20(26)25(22(29)24-19)10-1-11-30-16-8-4-14(5-9-16)21(27)28/h2-9,12H,1,10-11H2,(H,24,29)(H,27,28). The van der Waals surface area contributed by atoms with Crippen LogP contribution in [0.3, 0.4) is 0 Å².